The molecule has 0 bridgehead atoms. The lowest BCUT2D eigenvalue weighted by molar-refractivity contribution is 0.177. The fourth-order valence-corrected chi connectivity index (χ4v) is 3.92. The number of pyridine rings is 1. The standard InChI is InChI=1S/C14H17Cl2N3/c1-13(2)7-14(3)10(5-18-19(14)8-13)9-4-12(16)17-6-11(9)15/h4-6,10H,7-8H2,1-3H3. The van der Waals surface area contributed by atoms with Crippen molar-refractivity contribution in [2.45, 2.75) is 38.6 Å². The second kappa shape index (κ2) is 4.10. The summed E-state index contributed by atoms with van der Waals surface area (Å²) in [6, 6.07) is 1.86. The predicted octanol–water partition coefficient (Wildman–Crippen LogP) is 3.96. The molecule has 3 nitrogen and oxygen atoms in total. The molecular formula is C14H17Cl2N3. The Labute approximate surface area is 123 Å². The van der Waals surface area contributed by atoms with Crippen LogP contribution in [0.4, 0.5) is 0 Å². The van der Waals surface area contributed by atoms with Gasteiger partial charge in [0.15, 0.2) is 0 Å². The fourth-order valence-electron chi connectivity index (χ4n) is 3.53. The summed E-state index contributed by atoms with van der Waals surface area (Å²) in [5, 5.41) is 7.92. The maximum atomic E-state index is 6.30. The van der Waals surface area contributed by atoms with Gasteiger partial charge in [-0.05, 0) is 30.4 Å². The lowest BCUT2D eigenvalue weighted by Gasteiger charge is -2.33. The summed E-state index contributed by atoms with van der Waals surface area (Å²) >= 11 is 12.3. The van der Waals surface area contributed by atoms with Gasteiger partial charge in [-0.15, -0.1) is 0 Å². The Morgan fingerprint density at radius 2 is 2.05 bits per heavy atom. The quantitative estimate of drug-likeness (QED) is 0.734. The zero-order valence-corrected chi connectivity index (χ0v) is 12.8. The Morgan fingerprint density at radius 1 is 1.32 bits per heavy atom. The maximum absolute atomic E-state index is 6.30. The highest BCUT2D eigenvalue weighted by Crippen LogP contribution is 2.51. The van der Waals surface area contributed by atoms with Gasteiger partial charge in [-0.25, -0.2) is 4.98 Å². The predicted molar refractivity (Wildman–Crippen MR) is 79.0 cm³/mol. The SMILES string of the molecule is CC1(C)CN2N=CC(c3cc(Cl)ncc3Cl)C2(C)C1. The van der Waals surface area contributed by atoms with E-state index in [9.17, 15) is 0 Å². The molecule has 0 spiro atoms. The van der Waals surface area contributed by atoms with E-state index in [0.717, 1.165) is 18.5 Å². The van der Waals surface area contributed by atoms with E-state index in [1.165, 1.54) is 0 Å². The highest BCUT2D eigenvalue weighted by atomic mass is 35.5. The van der Waals surface area contributed by atoms with Crippen LogP contribution in [-0.2, 0) is 0 Å². The summed E-state index contributed by atoms with van der Waals surface area (Å²) in [7, 11) is 0. The van der Waals surface area contributed by atoms with Gasteiger partial charge in [0.25, 0.3) is 0 Å². The number of nitrogens with zero attached hydrogens (tertiary/aromatic N) is 3. The summed E-state index contributed by atoms with van der Waals surface area (Å²) in [5.41, 5.74) is 1.28. The number of fused-ring (bicyclic) bond motifs is 1. The van der Waals surface area contributed by atoms with Crippen LogP contribution in [0.2, 0.25) is 10.2 Å². The smallest absolute Gasteiger partial charge is 0.129 e. The van der Waals surface area contributed by atoms with Crippen LogP contribution in [0.15, 0.2) is 17.4 Å². The zero-order chi connectivity index (χ0) is 13.8. The first-order chi connectivity index (χ1) is 8.82. The minimum absolute atomic E-state index is 0.0160. The lowest BCUT2D eigenvalue weighted by atomic mass is 9.76. The molecule has 19 heavy (non-hydrogen) atoms. The van der Waals surface area contributed by atoms with Gasteiger partial charge in [0.2, 0.25) is 0 Å². The number of hydrogen-bond donors (Lipinski definition) is 0. The van der Waals surface area contributed by atoms with Crippen molar-refractivity contribution in [3.8, 4) is 0 Å². The van der Waals surface area contributed by atoms with Crippen molar-refractivity contribution in [1.82, 2.24) is 9.99 Å². The van der Waals surface area contributed by atoms with E-state index >= 15 is 0 Å². The van der Waals surface area contributed by atoms with Crippen molar-refractivity contribution in [2.24, 2.45) is 10.5 Å². The molecule has 0 radical (unpaired) electrons. The average Bonchev–Trinajstić information content (AvgIpc) is 2.70. The molecule has 5 heteroatoms. The fraction of sp³-hybridized carbons (Fsp3) is 0.571. The van der Waals surface area contributed by atoms with Gasteiger partial charge in [-0.2, -0.15) is 5.10 Å². The van der Waals surface area contributed by atoms with Crippen LogP contribution in [0.25, 0.3) is 0 Å². The van der Waals surface area contributed by atoms with Gasteiger partial charge in [0.1, 0.15) is 5.15 Å². The lowest BCUT2D eigenvalue weighted by Crippen LogP contribution is -2.38. The van der Waals surface area contributed by atoms with E-state index in [-0.39, 0.29) is 16.9 Å². The molecule has 0 aliphatic carbocycles. The first-order valence-corrected chi connectivity index (χ1v) is 7.20. The van der Waals surface area contributed by atoms with Crippen molar-refractivity contribution in [3.05, 3.63) is 28.0 Å². The van der Waals surface area contributed by atoms with E-state index in [1.54, 1.807) is 6.20 Å². The van der Waals surface area contributed by atoms with E-state index in [0.29, 0.717) is 10.2 Å². The molecule has 0 amide bonds. The summed E-state index contributed by atoms with van der Waals surface area (Å²) in [6.45, 7) is 7.80. The third-order valence-corrected chi connectivity index (χ3v) is 4.74. The highest BCUT2D eigenvalue weighted by Gasteiger charge is 2.53. The van der Waals surface area contributed by atoms with Crippen molar-refractivity contribution >= 4 is 29.4 Å². The Kier molecular flexibility index (Phi) is 2.84. The van der Waals surface area contributed by atoms with Crippen LogP contribution >= 0.6 is 23.2 Å². The van der Waals surface area contributed by atoms with Crippen LogP contribution in [0.5, 0.6) is 0 Å². The van der Waals surface area contributed by atoms with Gasteiger partial charge >= 0.3 is 0 Å². The molecule has 2 unspecified atom stereocenters. The molecule has 1 aromatic rings. The monoisotopic (exact) mass is 297 g/mol. The first-order valence-electron chi connectivity index (χ1n) is 6.45. The summed E-state index contributed by atoms with van der Waals surface area (Å²) < 4.78 is 0. The largest absolute Gasteiger partial charge is 0.290 e. The molecular weight excluding hydrogens is 281 g/mol. The maximum Gasteiger partial charge on any atom is 0.129 e. The number of rotatable bonds is 1. The van der Waals surface area contributed by atoms with Crippen LogP contribution in [-0.4, -0.2) is 28.3 Å². The van der Waals surface area contributed by atoms with Gasteiger partial charge in [-0.1, -0.05) is 37.0 Å². The molecule has 3 rings (SSSR count). The van der Waals surface area contributed by atoms with Gasteiger partial charge in [0.05, 0.1) is 10.6 Å². The Morgan fingerprint density at radius 3 is 2.79 bits per heavy atom. The second-order valence-electron chi connectivity index (χ2n) is 6.53. The third-order valence-electron chi connectivity index (χ3n) is 4.22. The minimum atomic E-state index is -0.0160. The molecule has 1 saturated heterocycles. The Hall–Kier alpha value is -0.800. The Bertz CT molecular complexity index is 556. The number of halogens is 2. The van der Waals surface area contributed by atoms with Crippen molar-refractivity contribution in [1.29, 1.82) is 0 Å². The molecule has 1 aromatic heterocycles. The molecule has 0 saturated carbocycles. The molecule has 1 fully saturated rings. The van der Waals surface area contributed by atoms with Crippen LogP contribution in [0.1, 0.15) is 38.7 Å². The molecule has 2 aliphatic rings. The van der Waals surface area contributed by atoms with E-state index in [1.807, 2.05) is 12.3 Å². The molecule has 102 valence electrons. The van der Waals surface area contributed by atoms with Crippen LogP contribution < -0.4 is 0 Å². The Balaban J connectivity index is 2.03. The van der Waals surface area contributed by atoms with E-state index in [2.05, 4.69) is 35.9 Å². The van der Waals surface area contributed by atoms with Gasteiger partial charge < -0.3 is 0 Å². The average molecular weight is 298 g/mol. The number of hydrogen-bond acceptors (Lipinski definition) is 3. The van der Waals surface area contributed by atoms with Crippen LogP contribution in [0.3, 0.4) is 0 Å². The summed E-state index contributed by atoms with van der Waals surface area (Å²) in [4.78, 5) is 4.02. The van der Waals surface area contributed by atoms with E-state index < -0.39 is 0 Å². The third kappa shape index (κ3) is 2.03. The molecule has 0 aromatic carbocycles. The normalized spacial score (nSPS) is 31.8. The van der Waals surface area contributed by atoms with Crippen molar-refractivity contribution < 1.29 is 0 Å². The summed E-state index contributed by atoms with van der Waals surface area (Å²) in [6.07, 6.45) is 4.70. The second-order valence-corrected chi connectivity index (χ2v) is 7.32. The van der Waals surface area contributed by atoms with Gasteiger partial charge in [0, 0.05) is 24.9 Å². The van der Waals surface area contributed by atoms with E-state index in [4.69, 9.17) is 23.2 Å². The minimum Gasteiger partial charge on any atom is -0.290 e. The number of hydrazone groups is 1. The molecule has 3 heterocycles. The zero-order valence-electron chi connectivity index (χ0n) is 11.3. The summed E-state index contributed by atoms with van der Waals surface area (Å²) in [5.74, 6) is 0.169. The molecule has 0 N–H and O–H groups in total. The van der Waals surface area contributed by atoms with Crippen LogP contribution in [0, 0.1) is 5.41 Å². The van der Waals surface area contributed by atoms with Crippen molar-refractivity contribution in [3.63, 3.8) is 0 Å². The number of aromatic nitrogens is 1. The first kappa shape index (κ1) is 13.2. The van der Waals surface area contributed by atoms with Gasteiger partial charge in [-0.3, -0.25) is 5.01 Å². The van der Waals surface area contributed by atoms with Crippen molar-refractivity contribution in [2.75, 3.05) is 6.54 Å². The highest BCUT2D eigenvalue weighted by molar-refractivity contribution is 6.33. The molecule has 2 aliphatic heterocycles. The molecule has 2 atom stereocenters. The topological polar surface area (TPSA) is 28.5 Å².